The van der Waals surface area contributed by atoms with Gasteiger partial charge in [0.2, 0.25) is 10.0 Å². The van der Waals surface area contributed by atoms with Gasteiger partial charge in [-0.3, -0.25) is 4.98 Å². The maximum Gasteiger partial charge on any atom is 0.407 e. The summed E-state index contributed by atoms with van der Waals surface area (Å²) in [6.45, 7) is 7.60. The Morgan fingerprint density at radius 1 is 1.13 bits per heavy atom. The first-order chi connectivity index (χ1) is 21.6. The molecule has 242 valence electrons. The molecular formula is C32H42N6O5S2. The highest BCUT2D eigenvalue weighted by Crippen LogP contribution is 2.31. The molecule has 1 aromatic heterocycles. The minimum atomic E-state index is -3.96. The standard InChI is InChI=1S/C32H42N6O5S2/c1-23(2)19-38(45(41,42)27-10-9-25-16-31(34-28(25)17-27)37-13-11-36(3)12-14-37)20-30(39)29(15-24-7-5-4-6-8-24)35-32(40)43-21-26-18-33-22-44-26/h4-10,16,18,22-23,29-30,39H,11-15,17,19-21H2,1-3H3,(H,35,40). The number of thiazole rings is 1. The van der Waals surface area contributed by atoms with Gasteiger partial charge in [0, 0.05) is 57.5 Å². The molecule has 11 nitrogen and oxygen atoms in total. The van der Waals surface area contributed by atoms with Crippen LogP contribution in [-0.2, 0) is 27.8 Å². The van der Waals surface area contributed by atoms with Gasteiger partial charge in [0.25, 0.3) is 0 Å². The Labute approximate surface area is 269 Å². The molecule has 45 heavy (non-hydrogen) atoms. The Morgan fingerprint density at radius 3 is 2.58 bits per heavy atom. The molecule has 1 aliphatic carbocycles. The third-order valence-electron chi connectivity index (χ3n) is 8.01. The number of aliphatic hydroxyl groups is 1. The Kier molecular flexibility index (Phi) is 10.9. The first-order valence-electron chi connectivity index (χ1n) is 15.2. The predicted octanol–water partition coefficient (Wildman–Crippen LogP) is 3.39. The van der Waals surface area contributed by atoms with Gasteiger partial charge in [-0.2, -0.15) is 4.31 Å². The average Bonchev–Trinajstić information content (AvgIpc) is 3.70. The molecule has 2 N–H and O–H groups in total. The van der Waals surface area contributed by atoms with Crippen LogP contribution < -0.4 is 5.32 Å². The number of aliphatic imine (C=N–C) groups is 1. The fourth-order valence-corrected chi connectivity index (χ4v) is 7.74. The van der Waals surface area contributed by atoms with Gasteiger partial charge in [0.05, 0.1) is 33.2 Å². The molecule has 0 spiro atoms. The van der Waals surface area contributed by atoms with Crippen LogP contribution in [0.15, 0.2) is 81.6 Å². The van der Waals surface area contributed by atoms with Crippen LogP contribution >= 0.6 is 11.3 Å². The van der Waals surface area contributed by atoms with E-state index in [0.717, 1.165) is 53.7 Å². The molecule has 3 heterocycles. The summed E-state index contributed by atoms with van der Waals surface area (Å²) in [6.07, 6.45) is 5.70. The molecule has 1 fully saturated rings. The molecule has 3 aliphatic rings. The van der Waals surface area contributed by atoms with Gasteiger partial charge in [-0.15, -0.1) is 11.3 Å². The molecular weight excluding hydrogens is 613 g/mol. The average molecular weight is 655 g/mol. The van der Waals surface area contributed by atoms with Gasteiger partial charge < -0.3 is 25.0 Å². The monoisotopic (exact) mass is 654 g/mol. The highest BCUT2D eigenvalue weighted by molar-refractivity contribution is 7.93. The molecule has 0 radical (unpaired) electrons. The summed E-state index contributed by atoms with van der Waals surface area (Å²) in [5, 5.41) is 14.3. The predicted molar refractivity (Wildman–Crippen MR) is 176 cm³/mol. The van der Waals surface area contributed by atoms with Crippen molar-refractivity contribution in [2.75, 3.05) is 46.3 Å². The smallest absolute Gasteiger partial charge is 0.407 e. The number of aromatic nitrogens is 1. The fraction of sp³-hybridized carbons (Fsp3) is 0.469. The second kappa shape index (κ2) is 14.8. The number of fused-ring (bicyclic) bond motifs is 1. The number of amides is 1. The van der Waals surface area contributed by atoms with E-state index in [2.05, 4.69) is 27.1 Å². The Bertz CT molecular complexity index is 1550. The highest BCUT2D eigenvalue weighted by atomic mass is 32.2. The number of sulfonamides is 1. The Balaban J connectivity index is 1.30. The minimum absolute atomic E-state index is 0.00138. The van der Waals surface area contributed by atoms with E-state index in [4.69, 9.17) is 9.73 Å². The van der Waals surface area contributed by atoms with Gasteiger partial charge in [-0.05, 0) is 37.1 Å². The molecule has 2 unspecified atom stereocenters. The molecule has 1 saturated heterocycles. The van der Waals surface area contributed by atoms with Crippen molar-refractivity contribution in [3.8, 4) is 0 Å². The Hall–Kier alpha value is -3.36. The lowest BCUT2D eigenvalue weighted by atomic mass is 10.0. The van der Waals surface area contributed by atoms with Crippen molar-refractivity contribution in [3.05, 3.63) is 87.0 Å². The van der Waals surface area contributed by atoms with E-state index in [0.29, 0.717) is 6.42 Å². The first-order valence-corrected chi connectivity index (χ1v) is 17.6. The van der Waals surface area contributed by atoms with E-state index in [1.54, 1.807) is 17.8 Å². The summed E-state index contributed by atoms with van der Waals surface area (Å²) in [6, 6.07) is 8.64. The number of hydrogen-bond acceptors (Lipinski definition) is 10. The number of alkyl carbamates (subject to hydrolysis) is 1. The molecule has 2 aliphatic heterocycles. The number of aliphatic hydroxyl groups excluding tert-OH is 1. The molecule has 0 saturated carbocycles. The van der Waals surface area contributed by atoms with Gasteiger partial charge in [0.15, 0.2) is 0 Å². The van der Waals surface area contributed by atoms with E-state index < -0.39 is 28.3 Å². The van der Waals surface area contributed by atoms with E-state index in [1.165, 1.54) is 15.6 Å². The molecule has 1 aromatic carbocycles. The zero-order chi connectivity index (χ0) is 32.0. The van der Waals surface area contributed by atoms with E-state index >= 15 is 0 Å². The number of carbonyl (C=O) groups excluding carboxylic acids is 1. The van der Waals surface area contributed by atoms with Gasteiger partial charge in [-0.25, -0.2) is 18.2 Å². The summed E-state index contributed by atoms with van der Waals surface area (Å²) in [5.41, 5.74) is 4.21. The number of likely N-dealkylation sites (N-methyl/N-ethyl adjacent to an activating group) is 1. The van der Waals surface area contributed by atoms with Crippen molar-refractivity contribution < 1.29 is 23.1 Å². The number of nitrogens with one attached hydrogen (secondary N) is 1. The largest absolute Gasteiger partial charge is 0.444 e. The summed E-state index contributed by atoms with van der Waals surface area (Å²) < 4.78 is 34.9. The maximum absolute atomic E-state index is 14.1. The first kappa shape index (κ1) is 33.0. The second-order valence-corrected chi connectivity index (χ2v) is 15.0. The number of ether oxygens (including phenoxy) is 1. The summed E-state index contributed by atoms with van der Waals surface area (Å²) in [5.74, 6) is 0.879. The van der Waals surface area contributed by atoms with Gasteiger partial charge in [0.1, 0.15) is 12.4 Å². The van der Waals surface area contributed by atoms with Crippen LogP contribution in [0.4, 0.5) is 4.79 Å². The van der Waals surface area contributed by atoms with Crippen molar-refractivity contribution >= 4 is 33.2 Å². The number of hydrogen-bond donors (Lipinski definition) is 2. The van der Waals surface area contributed by atoms with Crippen molar-refractivity contribution in [1.29, 1.82) is 0 Å². The van der Waals surface area contributed by atoms with Crippen molar-refractivity contribution in [1.82, 2.24) is 24.4 Å². The quantitative estimate of drug-likeness (QED) is 0.337. The summed E-state index contributed by atoms with van der Waals surface area (Å²) in [7, 11) is -1.86. The second-order valence-electron chi connectivity index (χ2n) is 12.1. The van der Waals surface area contributed by atoms with Crippen LogP contribution in [0.2, 0.25) is 0 Å². The molecule has 13 heteroatoms. The van der Waals surface area contributed by atoms with Gasteiger partial charge in [-0.1, -0.05) is 50.3 Å². The van der Waals surface area contributed by atoms with Crippen LogP contribution in [0.25, 0.3) is 0 Å². The Morgan fingerprint density at radius 2 is 1.89 bits per heavy atom. The lowest BCUT2D eigenvalue weighted by Gasteiger charge is -2.33. The fourth-order valence-electron chi connectivity index (χ4n) is 5.50. The number of benzene rings is 1. The third kappa shape index (κ3) is 8.67. The van der Waals surface area contributed by atoms with Crippen LogP contribution in [0, 0.1) is 5.92 Å². The zero-order valence-corrected chi connectivity index (χ0v) is 27.6. The number of nitrogens with zero attached hydrogens (tertiary/aromatic N) is 5. The SMILES string of the molecule is CC(C)CN(CC(O)C(Cc1ccccc1)NC(=O)OCc1cncs1)S(=O)(=O)C1=CC=C2C=C(N3CCN(C)CC3)N=C2C1. The van der Waals surface area contributed by atoms with Gasteiger partial charge >= 0.3 is 6.09 Å². The van der Waals surface area contributed by atoms with E-state index in [-0.39, 0.29) is 36.9 Å². The number of carbonyl (C=O) groups is 1. The van der Waals surface area contributed by atoms with Crippen LogP contribution in [0.5, 0.6) is 0 Å². The van der Waals surface area contributed by atoms with Crippen LogP contribution in [0.1, 0.15) is 30.7 Å². The highest BCUT2D eigenvalue weighted by Gasteiger charge is 2.35. The summed E-state index contributed by atoms with van der Waals surface area (Å²) >= 11 is 1.37. The minimum Gasteiger partial charge on any atom is -0.444 e. The van der Waals surface area contributed by atoms with Crippen molar-refractivity contribution in [2.45, 2.75) is 45.4 Å². The molecule has 1 amide bonds. The topological polar surface area (TPSA) is 128 Å². The van der Waals surface area contributed by atoms with E-state index in [9.17, 15) is 18.3 Å². The number of rotatable bonds is 13. The zero-order valence-electron chi connectivity index (χ0n) is 26.0. The number of piperazine rings is 1. The molecule has 2 aromatic rings. The lowest BCUT2D eigenvalue weighted by molar-refractivity contribution is 0.0877. The van der Waals surface area contributed by atoms with Crippen LogP contribution in [0.3, 0.4) is 0 Å². The third-order valence-corrected chi connectivity index (χ3v) is 10.7. The lowest BCUT2D eigenvalue weighted by Crippen LogP contribution is -2.51. The number of allylic oxidation sites excluding steroid dienone is 5. The molecule has 0 bridgehead atoms. The maximum atomic E-state index is 14.1. The van der Waals surface area contributed by atoms with Crippen LogP contribution in [-0.4, -0.2) is 103 Å². The van der Waals surface area contributed by atoms with Crippen molar-refractivity contribution in [3.63, 3.8) is 0 Å². The van der Waals surface area contributed by atoms with E-state index in [1.807, 2.05) is 56.3 Å². The normalized spacial score (nSPS) is 18.6. The molecule has 5 rings (SSSR count). The summed E-state index contributed by atoms with van der Waals surface area (Å²) in [4.78, 5) is 27.1. The van der Waals surface area contributed by atoms with Crippen molar-refractivity contribution in [2.24, 2.45) is 10.9 Å². The molecule has 2 atom stereocenters.